The molecule has 1 aliphatic rings. The third kappa shape index (κ3) is 3.21. The minimum absolute atomic E-state index is 0.207. The van der Waals surface area contributed by atoms with Gasteiger partial charge in [-0.1, -0.05) is 19.1 Å². The minimum atomic E-state index is -0.596. The molecule has 1 aromatic carbocycles. The molecule has 0 heterocycles. The largest absolute Gasteiger partial charge is 0.472 e. The predicted molar refractivity (Wildman–Crippen MR) is 66.6 cm³/mol. The van der Waals surface area contributed by atoms with Crippen LogP contribution in [0.25, 0.3) is 0 Å². The van der Waals surface area contributed by atoms with Crippen LogP contribution in [0.1, 0.15) is 31.7 Å². The second kappa shape index (κ2) is 5.83. The molecule has 0 aromatic heterocycles. The van der Waals surface area contributed by atoms with Crippen molar-refractivity contribution in [1.29, 1.82) is 5.26 Å². The number of para-hydroxylation sites is 1. The first-order valence-electron chi connectivity index (χ1n) is 6.31. The molecule has 18 heavy (non-hydrogen) atoms. The van der Waals surface area contributed by atoms with E-state index in [-0.39, 0.29) is 5.75 Å². The lowest BCUT2D eigenvalue weighted by molar-refractivity contribution is 0.237. The molecular weight excluding hydrogens is 231 g/mol. The first-order valence-corrected chi connectivity index (χ1v) is 6.31. The summed E-state index contributed by atoms with van der Waals surface area (Å²) in [6.45, 7) is 2.43. The Kier molecular flexibility index (Phi) is 4.16. The maximum Gasteiger partial charge on any atom is 0.184 e. The van der Waals surface area contributed by atoms with Crippen LogP contribution >= 0.6 is 0 Å². The molecule has 1 unspecified atom stereocenters. The molecule has 2 rings (SSSR count). The molecule has 4 heteroatoms. The third-order valence-electron chi connectivity index (χ3n) is 2.98. The number of ether oxygens (including phenoxy) is 1. The quantitative estimate of drug-likeness (QED) is 0.842. The normalized spacial score (nSPS) is 16.1. The van der Waals surface area contributed by atoms with Crippen molar-refractivity contribution in [3.63, 3.8) is 0 Å². The summed E-state index contributed by atoms with van der Waals surface area (Å²) < 4.78 is 19.2. The number of hydrogen-bond donors (Lipinski definition) is 1. The highest BCUT2D eigenvalue weighted by atomic mass is 19.1. The van der Waals surface area contributed by atoms with E-state index in [4.69, 9.17) is 10.00 Å². The van der Waals surface area contributed by atoms with Gasteiger partial charge >= 0.3 is 0 Å². The van der Waals surface area contributed by atoms with E-state index in [9.17, 15) is 4.39 Å². The fraction of sp³-hybridized carbons (Fsp3) is 0.500. The summed E-state index contributed by atoms with van der Waals surface area (Å²) in [4.78, 5) is 0. The highest BCUT2D eigenvalue weighted by molar-refractivity contribution is 5.35. The zero-order chi connectivity index (χ0) is 13.0. The molecule has 1 fully saturated rings. The van der Waals surface area contributed by atoms with Crippen LogP contribution in [0.4, 0.5) is 4.39 Å². The molecule has 0 spiro atoms. The van der Waals surface area contributed by atoms with Crippen LogP contribution in [0.5, 0.6) is 5.75 Å². The van der Waals surface area contributed by atoms with Gasteiger partial charge in [-0.25, -0.2) is 4.39 Å². The van der Waals surface area contributed by atoms with Gasteiger partial charge in [-0.2, -0.15) is 5.26 Å². The molecule has 1 aliphatic carbocycles. The summed E-state index contributed by atoms with van der Waals surface area (Å²) in [6, 6.07) is 7.44. The predicted octanol–water partition coefficient (Wildman–Crippen LogP) is 2.76. The maximum absolute atomic E-state index is 13.8. The number of benzene rings is 1. The Balaban J connectivity index is 2.11. The van der Waals surface area contributed by atoms with Gasteiger partial charge in [0, 0.05) is 18.2 Å². The average Bonchev–Trinajstić information content (AvgIpc) is 3.19. The SMILES string of the molecule is CCC(C#N)Oc1c(F)cccc1CNC1CC1. The average molecular weight is 248 g/mol. The van der Waals surface area contributed by atoms with Crippen molar-refractivity contribution >= 4 is 0 Å². The van der Waals surface area contributed by atoms with Crippen LogP contribution in [0.15, 0.2) is 18.2 Å². The molecule has 96 valence electrons. The number of nitriles is 1. The van der Waals surface area contributed by atoms with E-state index in [0.29, 0.717) is 19.0 Å². The van der Waals surface area contributed by atoms with Gasteiger partial charge < -0.3 is 10.1 Å². The molecule has 0 aliphatic heterocycles. The summed E-state index contributed by atoms with van der Waals surface area (Å²) in [5.41, 5.74) is 0.774. The van der Waals surface area contributed by atoms with Gasteiger partial charge in [-0.05, 0) is 25.3 Å². The molecule has 0 amide bonds. The highest BCUT2D eigenvalue weighted by Crippen LogP contribution is 2.26. The molecule has 0 radical (unpaired) electrons. The third-order valence-corrected chi connectivity index (χ3v) is 2.98. The summed E-state index contributed by atoms with van der Waals surface area (Å²) >= 11 is 0. The molecule has 0 bridgehead atoms. The lowest BCUT2D eigenvalue weighted by Gasteiger charge is -2.15. The van der Waals surface area contributed by atoms with Gasteiger partial charge in [0.05, 0.1) is 0 Å². The van der Waals surface area contributed by atoms with Crippen LogP contribution in [0.3, 0.4) is 0 Å². The number of halogens is 1. The van der Waals surface area contributed by atoms with Gasteiger partial charge in [-0.15, -0.1) is 0 Å². The van der Waals surface area contributed by atoms with Crippen molar-refractivity contribution in [3.8, 4) is 11.8 Å². The topological polar surface area (TPSA) is 45.0 Å². The van der Waals surface area contributed by atoms with Crippen molar-refractivity contribution in [3.05, 3.63) is 29.6 Å². The second-order valence-electron chi connectivity index (χ2n) is 4.53. The molecule has 0 saturated heterocycles. The molecule has 1 saturated carbocycles. The minimum Gasteiger partial charge on any atom is -0.472 e. The van der Waals surface area contributed by atoms with Gasteiger partial charge in [0.1, 0.15) is 6.07 Å². The zero-order valence-corrected chi connectivity index (χ0v) is 10.4. The van der Waals surface area contributed by atoms with Crippen molar-refractivity contribution in [2.75, 3.05) is 0 Å². The van der Waals surface area contributed by atoms with Crippen molar-refractivity contribution in [1.82, 2.24) is 5.32 Å². The van der Waals surface area contributed by atoms with Gasteiger partial charge in [0.25, 0.3) is 0 Å². The Morgan fingerprint density at radius 2 is 2.33 bits per heavy atom. The van der Waals surface area contributed by atoms with E-state index in [0.717, 1.165) is 5.56 Å². The van der Waals surface area contributed by atoms with Crippen molar-refractivity contribution in [2.45, 2.75) is 44.9 Å². The lowest BCUT2D eigenvalue weighted by atomic mass is 10.2. The van der Waals surface area contributed by atoms with E-state index in [1.165, 1.54) is 18.9 Å². The molecule has 3 nitrogen and oxygen atoms in total. The second-order valence-corrected chi connectivity index (χ2v) is 4.53. The van der Waals surface area contributed by atoms with E-state index in [1.54, 1.807) is 6.07 Å². The van der Waals surface area contributed by atoms with Crippen LogP contribution in [0, 0.1) is 17.1 Å². The van der Waals surface area contributed by atoms with Gasteiger partial charge in [0.2, 0.25) is 0 Å². The summed E-state index contributed by atoms with van der Waals surface area (Å²) in [5, 5.41) is 12.2. The van der Waals surface area contributed by atoms with E-state index in [1.807, 2.05) is 19.1 Å². The standard InChI is InChI=1S/C14H17FN2O/c1-2-12(8-16)18-14-10(4-3-5-13(14)15)9-17-11-6-7-11/h3-5,11-12,17H,2,6-7,9H2,1H3. The summed E-state index contributed by atoms with van der Waals surface area (Å²) in [6.07, 6.45) is 2.31. The highest BCUT2D eigenvalue weighted by Gasteiger charge is 2.21. The van der Waals surface area contributed by atoms with E-state index < -0.39 is 11.9 Å². The maximum atomic E-state index is 13.8. The Hall–Kier alpha value is -1.60. The van der Waals surface area contributed by atoms with Crippen molar-refractivity contribution < 1.29 is 9.13 Å². The Morgan fingerprint density at radius 3 is 2.94 bits per heavy atom. The first-order chi connectivity index (χ1) is 8.74. The number of nitrogens with zero attached hydrogens (tertiary/aromatic N) is 1. The van der Waals surface area contributed by atoms with Crippen LogP contribution < -0.4 is 10.1 Å². The first kappa shape index (κ1) is 12.8. The van der Waals surface area contributed by atoms with E-state index in [2.05, 4.69) is 5.32 Å². The fourth-order valence-electron chi connectivity index (χ4n) is 1.71. The summed E-state index contributed by atoms with van der Waals surface area (Å²) in [7, 11) is 0. The Bertz CT molecular complexity index is 452. The number of nitrogens with one attached hydrogen (secondary N) is 1. The molecular formula is C14H17FN2O. The molecule has 1 aromatic rings. The van der Waals surface area contributed by atoms with Crippen LogP contribution in [-0.2, 0) is 6.54 Å². The zero-order valence-electron chi connectivity index (χ0n) is 10.4. The van der Waals surface area contributed by atoms with Gasteiger partial charge in [0.15, 0.2) is 17.7 Å². The smallest absolute Gasteiger partial charge is 0.184 e. The van der Waals surface area contributed by atoms with Crippen LogP contribution in [0.2, 0.25) is 0 Å². The molecule has 1 N–H and O–H groups in total. The number of hydrogen-bond acceptors (Lipinski definition) is 3. The van der Waals surface area contributed by atoms with E-state index >= 15 is 0 Å². The Labute approximate surface area is 107 Å². The molecule has 1 atom stereocenters. The van der Waals surface area contributed by atoms with Gasteiger partial charge in [-0.3, -0.25) is 0 Å². The van der Waals surface area contributed by atoms with Crippen LogP contribution in [-0.4, -0.2) is 12.1 Å². The fourth-order valence-corrected chi connectivity index (χ4v) is 1.71. The Morgan fingerprint density at radius 1 is 1.56 bits per heavy atom. The monoisotopic (exact) mass is 248 g/mol. The van der Waals surface area contributed by atoms with Crippen molar-refractivity contribution in [2.24, 2.45) is 0 Å². The lowest BCUT2D eigenvalue weighted by Crippen LogP contribution is -2.19. The summed E-state index contributed by atoms with van der Waals surface area (Å²) in [5.74, 6) is -0.196. The number of rotatable bonds is 6.